The van der Waals surface area contributed by atoms with Crippen LogP contribution in [0.15, 0.2) is 0 Å². The number of esters is 1. The molecule has 0 N–H and O–H groups in total. The molecule has 3 atom stereocenters. The zero-order valence-electron chi connectivity index (χ0n) is 13.9. The highest BCUT2D eigenvalue weighted by molar-refractivity contribution is 5.87. The van der Waals surface area contributed by atoms with Gasteiger partial charge in [0.2, 0.25) is 11.8 Å². The molecule has 0 radical (unpaired) electrons. The molecule has 2 aliphatic rings. The first kappa shape index (κ1) is 16.8. The normalized spacial score (nSPS) is 29.1. The fraction of sp³-hybridized carbons (Fsp3) is 0.812. The number of amides is 2. The summed E-state index contributed by atoms with van der Waals surface area (Å²) in [6.07, 6.45) is 2.17. The Morgan fingerprint density at radius 1 is 1.23 bits per heavy atom. The van der Waals surface area contributed by atoms with Gasteiger partial charge in [0.05, 0.1) is 13.0 Å². The van der Waals surface area contributed by atoms with Crippen LogP contribution < -0.4 is 0 Å². The summed E-state index contributed by atoms with van der Waals surface area (Å²) in [5.41, 5.74) is 0. The quantitative estimate of drug-likeness (QED) is 0.715. The van der Waals surface area contributed by atoms with Crippen molar-refractivity contribution in [3.8, 4) is 0 Å². The van der Waals surface area contributed by atoms with Crippen LogP contribution in [-0.2, 0) is 19.1 Å². The maximum Gasteiger partial charge on any atom is 0.328 e. The molecule has 2 amide bonds. The van der Waals surface area contributed by atoms with Crippen molar-refractivity contribution in [3.05, 3.63) is 0 Å². The fourth-order valence-electron chi connectivity index (χ4n) is 3.49. The predicted octanol–water partition coefficient (Wildman–Crippen LogP) is 1.04. The Kier molecular flexibility index (Phi) is 5.08. The Labute approximate surface area is 131 Å². The molecular weight excluding hydrogens is 284 g/mol. The molecule has 6 nitrogen and oxygen atoms in total. The van der Waals surface area contributed by atoms with Crippen LogP contribution in [-0.4, -0.2) is 59.9 Å². The molecular formula is C16H26N2O4. The van der Waals surface area contributed by atoms with Crippen LogP contribution in [0, 0.1) is 11.8 Å². The molecule has 2 saturated heterocycles. The smallest absolute Gasteiger partial charge is 0.328 e. The average Bonchev–Trinajstić information content (AvgIpc) is 2.90. The summed E-state index contributed by atoms with van der Waals surface area (Å²) < 4.78 is 4.83. The molecule has 6 heteroatoms. The van der Waals surface area contributed by atoms with E-state index >= 15 is 0 Å². The van der Waals surface area contributed by atoms with E-state index in [1.807, 2.05) is 20.8 Å². The number of carbonyl (C=O) groups excluding carboxylic acids is 3. The number of hydrogen-bond donors (Lipinski definition) is 0. The minimum Gasteiger partial charge on any atom is -0.467 e. The lowest BCUT2D eigenvalue weighted by molar-refractivity contribution is -0.155. The van der Waals surface area contributed by atoms with E-state index in [0.717, 1.165) is 12.8 Å². The van der Waals surface area contributed by atoms with Gasteiger partial charge in [0.25, 0.3) is 0 Å². The maximum absolute atomic E-state index is 12.7. The summed E-state index contributed by atoms with van der Waals surface area (Å²) in [4.78, 5) is 40.4. The number of methoxy groups -OCH3 is 1. The molecule has 124 valence electrons. The summed E-state index contributed by atoms with van der Waals surface area (Å²) in [7, 11) is 1.36. The first-order valence-corrected chi connectivity index (χ1v) is 8.05. The molecule has 0 aromatic heterocycles. The third-order valence-electron chi connectivity index (χ3n) is 4.68. The van der Waals surface area contributed by atoms with Crippen molar-refractivity contribution in [1.29, 1.82) is 0 Å². The van der Waals surface area contributed by atoms with Crippen molar-refractivity contribution >= 4 is 17.8 Å². The molecule has 0 unspecified atom stereocenters. The number of fused-ring (bicyclic) bond motifs is 1. The second kappa shape index (κ2) is 6.67. The molecule has 0 bridgehead atoms. The fourth-order valence-corrected chi connectivity index (χ4v) is 3.49. The standard InChI is InChI=1S/C16H26N2O4/c1-10(2)14(19)17-8-7-12-5-6-13(16(21)22-4)18(12)15(20)11(3)9-17/h10-13H,5-9H2,1-4H3/t11-,12+,13-/m0/s1. The van der Waals surface area contributed by atoms with Gasteiger partial charge in [-0.2, -0.15) is 0 Å². The molecule has 0 aliphatic carbocycles. The second-order valence-corrected chi connectivity index (χ2v) is 6.64. The number of ether oxygens (including phenoxy) is 1. The van der Waals surface area contributed by atoms with Gasteiger partial charge in [-0.25, -0.2) is 4.79 Å². The minimum atomic E-state index is -0.461. The molecule has 0 aromatic carbocycles. The van der Waals surface area contributed by atoms with Crippen molar-refractivity contribution in [2.45, 2.75) is 52.1 Å². The SMILES string of the molecule is COC(=O)[C@@H]1CC[C@@H]2CCN(C(=O)C(C)C)C[C@H](C)C(=O)N21. The number of rotatable bonds is 2. The van der Waals surface area contributed by atoms with Crippen molar-refractivity contribution in [2.24, 2.45) is 11.8 Å². The van der Waals surface area contributed by atoms with E-state index < -0.39 is 6.04 Å². The second-order valence-electron chi connectivity index (χ2n) is 6.64. The van der Waals surface area contributed by atoms with Gasteiger partial charge in [-0.1, -0.05) is 20.8 Å². The molecule has 22 heavy (non-hydrogen) atoms. The first-order chi connectivity index (χ1) is 10.4. The first-order valence-electron chi connectivity index (χ1n) is 8.05. The van der Waals surface area contributed by atoms with Crippen LogP contribution >= 0.6 is 0 Å². The molecule has 0 spiro atoms. The Morgan fingerprint density at radius 3 is 2.50 bits per heavy atom. The van der Waals surface area contributed by atoms with Gasteiger partial charge >= 0.3 is 5.97 Å². The van der Waals surface area contributed by atoms with Gasteiger partial charge in [0.1, 0.15) is 6.04 Å². The van der Waals surface area contributed by atoms with Gasteiger partial charge in [0.15, 0.2) is 0 Å². The van der Waals surface area contributed by atoms with E-state index in [2.05, 4.69) is 0 Å². The Hall–Kier alpha value is -1.59. The third kappa shape index (κ3) is 3.10. The molecule has 0 aromatic rings. The number of carbonyl (C=O) groups is 3. The Bertz CT molecular complexity index is 463. The van der Waals surface area contributed by atoms with E-state index in [1.54, 1.807) is 9.80 Å². The highest BCUT2D eigenvalue weighted by Gasteiger charge is 2.44. The van der Waals surface area contributed by atoms with E-state index in [0.29, 0.717) is 19.5 Å². The summed E-state index contributed by atoms with van der Waals surface area (Å²) in [5, 5.41) is 0. The van der Waals surface area contributed by atoms with E-state index in [9.17, 15) is 14.4 Å². The zero-order chi connectivity index (χ0) is 16.4. The minimum absolute atomic E-state index is 0.0295. The summed E-state index contributed by atoms with van der Waals surface area (Å²) >= 11 is 0. The largest absolute Gasteiger partial charge is 0.467 e. The number of hydrogen-bond acceptors (Lipinski definition) is 4. The van der Waals surface area contributed by atoms with Crippen molar-refractivity contribution in [1.82, 2.24) is 9.80 Å². The van der Waals surface area contributed by atoms with Gasteiger partial charge in [-0.05, 0) is 19.3 Å². The van der Waals surface area contributed by atoms with Crippen LogP contribution in [0.25, 0.3) is 0 Å². The number of nitrogens with zero attached hydrogens (tertiary/aromatic N) is 2. The summed E-state index contributed by atoms with van der Waals surface area (Å²) in [6.45, 7) is 6.65. The van der Waals surface area contributed by atoms with Crippen LogP contribution in [0.1, 0.15) is 40.0 Å². The van der Waals surface area contributed by atoms with Gasteiger partial charge in [0, 0.05) is 25.0 Å². The van der Waals surface area contributed by atoms with E-state index in [-0.39, 0.29) is 35.7 Å². The van der Waals surface area contributed by atoms with Crippen LogP contribution in [0.4, 0.5) is 0 Å². The average molecular weight is 310 g/mol. The monoisotopic (exact) mass is 310 g/mol. The van der Waals surface area contributed by atoms with Crippen LogP contribution in [0.3, 0.4) is 0 Å². The van der Waals surface area contributed by atoms with Crippen LogP contribution in [0.2, 0.25) is 0 Å². The van der Waals surface area contributed by atoms with Crippen molar-refractivity contribution in [3.63, 3.8) is 0 Å². The van der Waals surface area contributed by atoms with Crippen molar-refractivity contribution in [2.75, 3.05) is 20.2 Å². The molecule has 0 saturated carbocycles. The Morgan fingerprint density at radius 2 is 1.91 bits per heavy atom. The highest BCUT2D eigenvalue weighted by atomic mass is 16.5. The Balaban J connectivity index is 2.18. The lowest BCUT2D eigenvalue weighted by Gasteiger charge is -2.37. The molecule has 2 aliphatic heterocycles. The van der Waals surface area contributed by atoms with Gasteiger partial charge < -0.3 is 14.5 Å². The van der Waals surface area contributed by atoms with Crippen LogP contribution in [0.5, 0.6) is 0 Å². The maximum atomic E-state index is 12.7. The third-order valence-corrected chi connectivity index (χ3v) is 4.68. The summed E-state index contributed by atoms with van der Waals surface area (Å²) in [5.74, 6) is -0.645. The molecule has 2 heterocycles. The summed E-state index contributed by atoms with van der Waals surface area (Å²) in [6, 6.07) is -0.431. The highest BCUT2D eigenvalue weighted by Crippen LogP contribution is 2.31. The van der Waals surface area contributed by atoms with E-state index in [4.69, 9.17) is 4.74 Å². The van der Waals surface area contributed by atoms with Gasteiger partial charge in [-0.3, -0.25) is 9.59 Å². The molecule has 2 fully saturated rings. The molecule has 2 rings (SSSR count). The van der Waals surface area contributed by atoms with Gasteiger partial charge in [-0.15, -0.1) is 0 Å². The lowest BCUT2D eigenvalue weighted by Crippen LogP contribution is -2.53. The van der Waals surface area contributed by atoms with Crippen molar-refractivity contribution < 1.29 is 19.1 Å². The zero-order valence-corrected chi connectivity index (χ0v) is 13.9. The topological polar surface area (TPSA) is 66.9 Å². The van der Waals surface area contributed by atoms with E-state index in [1.165, 1.54) is 7.11 Å². The lowest BCUT2D eigenvalue weighted by atomic mass is 10.0. The predicted molar refractivity (Wildman–Crippen MR) is 80.9 cm³/mol.